The number of benzene rings is 1. The number of rotatable bonds is 2. The fourth-order valence-corrected chi connectivity index (χ4v) is 3.17. The van der Waals surface area contributed by atoms with Crippen molar-refractivity contribution in [3.63, 3.8) is 0 Å². The summed E-state index contributed by atoms with van der Waals surface area (Å²) in [4.78, 5) is 0. The van der Waals surface area contributed by atoms with Gasteiger partial charge in [-0.05, 0) is 73.9 Å². The maximum absolute atomic E-state index is 6.16. The largest absolute Gasteiger partial charge is 0.383 e. The molecule has 0 aliphatic rings. The number of aromatic nitrogens is 2. The SMILES string of the molecule is Cc1cc(C)c(C(C)n2nc(C)c(I)c2N)c(C)c1. The minimum absolute atomic E-state index is 0.155. The van der Waals surface area contributed by atoms with Gasteiger partial charge in [-0.3, -0.25) is 0 Å². The molecule has 0 bridgehead atoms. The Hall–Kier alpha value is -1.04. The molecule has 0 radical (unpaired) electrons. The van der Waals surface area contributed by atoms with Crippen LogP contribution in [0.5, 0.6) is 0 Å². The van der Waals surface area contributed by atoms with Crippen molar-refractivity contribution in [2.45, 2.75) is 40.7 Å². The van der Waals surface area contributed by atoms with E-state index in [1.165, 1.54) is 22.3 Å². The maximum atomic E-state index is 6.16. The summed E-state index contributed by atoms with van der Waals surface area (Å²) in [7, 11) is 0. The van der Waals surface area contributed by atoms with Crippen LogP contribution in [0, 0.1) is 31.3 Å². The average molecular weight is 369 g/mol. The zero-order valence-corrected chi connectivity index (χ0v) is 14.2. The van der Waals surface area contributed by atoms with Crippen LogP contribution in [0.15, 0.2) is 12.1 Å². The van der Waals surface area contributed by atoms with Crippen molar-refractivity contribution in [1.29, 1.82) is 0 Å². The standard InChI is InChI=1S/C15H20IN3/c1-8-6-9(2)13(10(3)7-8)12(5)19-15(17)14(16)11(4)18-19/h6-7,12H,17H2,1-5H3. The van der Waals surface area contributed by atoms with Gasteiger partial charge in [0.05, 0.1) is 15.3 Å². The van der Waals surface area contributed by atoms with E-state index in [0.717, 1.165) is 15.1 Å². The first-order chi connectivity index (χ1) is 8.82. The number of hydrogen-bond acceptors (Lipinski definition) is 2. The number of anilines is 1. The lowest BCUT2D eigenvalue weighted by Gasteiger charge is -2.20. The smallest absolute Gasteiger partial charge is 0.136 e. The molecule has 3 nitrogen and oxygen atoms in total. The van der Waals surface area contributed by atoms with Crippen LogP contribution < -0.4 is 5.73 Å². The molecule has 1 heterocycles. The fourth-order valence-electron chi connectivity index (χ4n) is 2.81. The Balaban J connectivity index is 2.56. The molecule has 0 aliphatic carbocycles. The van der Waals surface area contributed by atoms with E-state index in [-0.39, 0.29) is 6.04 Å². The van der Waals surface area contributed by atoms with E-state index < -0.39 is 0 Å². The molecule has 1 atom stereocenters. The molecule has 1 aromatic heterocycles. The minimum atomic E-state index is 0.155. The third kappa shape index (κ3) is 2.50. The summed E-state index contributed by atoms with van der Waals surface area (Å²) >= 11 is 2.26. The molecule has 0 fully saturated rings. The van der Waals surface area contributed by atoms with Gasteiger partial charge in [0.1, 0.15) is 5.82 Å². The molecule has 1 unspecified atom stereocenters. The Morgan fingerprint density at radius 1 is 1.16 bits per heavy atom. The molecule has 19 heavy (non-hydrogen) atoms. The third-order valence-electron chi connectivity index (χ3n) is 3.57. The first-order valence-electron chi connectivity index (χ1n) is 6.40. The zero-order valence-electron chi connectivity index (χ0n) is 12.1. The monoisotopic (exact) mass is 369 g/mol. The Morgan fingerprint density at radius 3 is 2.11 bits per heavy atom. The quantitative estimate of drug-likeness (QED) is 0.816. The number of halogens is 1. The van der Waals surface area contributed by atoms with Crippen LogP contribution in [-0.4, -0.2) is 9.78 Å². The van der Waals surface area contributed by atoms with E-state index in [9.17, 15) is 0 Å². The predicted molar refractivity (Wildman–Crippen MR) is 88.6 cm³/mol. The molecule has 0 spiro atoms. The highest BCUT2D eigenvalue weighted by Gasteiger charge is 2.19. The maximum Gasteiger partial charge on any atom is 0.136 e. The number of nitrogens with zero attached hydrogens (tertiary/aromatic N) is 2. The van der Waals surface area contributed by atoms with Gasteiger partial charge in [-0.15, -0.1) is 0 Å². The van der Waals surface area contributed by atoms with E-state index in [1.807, 2.05) is 11.6 Å². The molecule has 0 amide bonds. The summed E-state index contributed by atoms with van der Waals surface area (Å²) in [5.74, 6) is 0.755. The highest BCUT2D eigenvalue weighted by molar-refractivity contribution is 14.1. The summed E-state index contributed by atoms with van der Waals surface area (Å²) < 4.78 is 2.98. The molecular weight excluding hydrogens is 349 g/mol. The lowest BCUT2D eigenvalue weighted by molar-refractivity contribution is 0.563. The highest BCUT2D eigenvalue weighted by atomic mass is 127. The summed E-state index contributed by atoms with van der Waals surface area (Å²) in [6.07, 6.45) is 0. The summed E-state index contributed by atoms with van der Waals surface area (Å²) in [5, 5.41) is 4.57. The Morgan fingerprint density at radius 2 is 1.68 bits per heavy atom. The first kappa shape index (κ1) is 14.4. The van der Waals surface area contributed by atoms with Gasteiger partial charge >= 0.3 is 0 Å². The van der Waals surface area contributed by atoms with Crippen molar-refractivity contribution in [2.24, 2.45) is 0 Å². The van der Waals surface area contributed by atoms with Crippen LogP contribution in [0.3, 0.4) is 0 Å². The van der Waals surface area contributed by atoms with Gasteiger partial charge in [0, 0.05) is 0 Å². The molecule has 0 aliphatic heterocycles. The van der Waals surface area contributed by atoms with Gasteiger partial charge in [0.25, 0.3) is 0 Å². The fraction of sp³-hybridized carbons (Fsp3) is 0.400. The summed E-state index contributed by atoms with van der Waals surface area (Å²) in [6, 6.07) is 4.59. The van der Waals surface area contributed by atoms with E-state index in [0.29, 0.717) is 0 Å². The van der Waals surface area contributed by atoms with E-state index in [4.69, 9.17) is 5.73 Å². The van der Waals surface area contributed by atoms with Gasteiger partial charge in [-0.2, -0.15) is 5.10 Å². The molecule has 0 saturated heterocycles. The van der Waals surface area contributed by atoms with Crippen LogP contribution in [-0.2, 0) is 0 Å². The minimum Gasteiger partial charge on any atom is -0.383 e. The van der Waals surface area contributed by atoms with Crippen molar-refractivity contribution in [2.75, 3.05) is 5.73 Å². The molecule has 2 rings (SSSR count). The van der Waals surface area contributed by atoms with Crippen LogP contribution in [0.4, 0.5) is 5.82 Å². The molecule has 102 valence electrons. The van der Waals surface area contributed by atoms with Crippen molar-refractivity contribution < 1.29 is 0 Å². The lowest BCUT2D eigenvalue weighted by atomic mass is 9.95. The normalized spacial score (nSPS) is 12.7. The van der Waals surface area contributed by atoms with E-state index in [2.05, 4.69) is 67.5 Å². The highest BCUT2D eigenvalue weighted by Crippen LogP contribution is 2.30. The van der Waals surface area contributed by atoms with Crippen LogP contribution >= 0.6 is 22.6 Å². The average Bonchev–Trinajstić information content (AvgIpc) is 2.55. The van der Waals surface area contributed by atoms with Crippen molar-refractivity contribution >= 4 is 28.4 Å². The molecule has 0 saturated carbocycles. The van der Waals surface area contributed by atoms with Gasteiger partial charge < -0.3 is 5.73 Å². The van der Waals surface area contributed by atoms with Gasteiger partial charge in [0.2, 0.25) is 0 Å². The Labute approximate surface area is 128 Å². The Kier molecular flexibility index (Phi) is 3.90. The van der Waals surface area contributed by atoms with E-state index in [1.54, 1.807) is 0 Å². The number of hydrogen-bond donors (Lipinski definition) is 1. The second-order valence-corrected chi connectivity index (χ2v) is 6.30. The summed E-state index contributed by atoms with van der Waals surface area (Å²) in [5.41, 5.74) is 12.4. The van der Waals surface area contributed by atoms with Gasteiger partial charge in [0.15, 0.2) is 0 Å². The molecule has 2 aromatic rings. The third-order valence-corrected chi connectivity index (χ3v) is 4.90. The lowest BCUT2D eigenvalue weighted by Crippen LogP contribution is -2.14. The van der Waals surface area contributed by atoms with Crippen LogP contribution in [0.1, 0.15) is 40.9 Å². The van der Waals surface area contributed by atoms with Crippen molar-refractivity contribution in [3.05, 3.63) is 43.7 Å². The number of aryl methyl sites for hydroxylation is 4. The van der Waals surface area contributed by atoms with E-state index >= 15 is 0 Å². The molecule has 2 N–H and O–H groups in total. The zero-order chi connectivity index (χ0) is 14.3. The predicted octanol–water partition coefficient (Wildman–Crippen LogP) is 3.91. The van der Waals surface area contributed by atoms with Crippen LogP contribution in [0.25, 0.3) is 0 Å². The molecule has 1 aromatic carbocycles. The topological polar surface area (TPSA) is 43.8 Å². The van der Waals surface area contributed by atoms with Crippen molar-refractivity contribution in [1.82, 2.24) is 9.78 Å². The number of nitrogen functional groups attached to an aromatic ring is 1. The Bertz CT molecular complexity index is 606. The van der Waals surface area contributed by atoms with Crippen molar-refractivity contribution in [3.8, 4) is 0 Å². The molecule has 4 heteroatoms. The number of nitrogens with two attached hydrogens (primary N) is 1. The van der Waals surface area contributed by atoms with Crippen LogP contribution in [0.2, 0.25) is 0 Å². The first-order valence-corrected chi connectivity index (χ1v) is 7.48. The second-order valence-electron chi connectivity index (χ2n) is 5.22. The van der Waals surface area contributed by atoms with Gasteiger partial charge in [-0.25, -0.2) is 4.68 Å². The van der Waals surface area contributed by atoms with Gasteiger partial charge in [-0.1, -0.05) is 17.7 Å². The second kappa shape index (κ2) is 5.15. The molecular formula is C15H20IN3. The summed E-state index contributed by atoms with van der Waals surface area (Å²) in [6.45, 7) is 10.6.